The van der Waals surface area contributed by atoms with Gasteiger partial charge < -0.3 is 20.5 Å². The highest BCUT2D eigenvalue weighted by Crippen LogP contribution is 2.16. The van der Waals surface area contributed by atoms with Gasteiger partial charge in [0.15, 0.2) is 0 Å². The van der Waals surface area contributed by atoms with Crippen LogP contribution in [0.3, 0.4) is 0 Å². The van der Waals surface area contributed by atoms with Crippen LogP contribution >= 0.6 is 0 Å². The van der Waals surface area contributed by atoms with Gasteiger partial charge in [-0.05, 0) is 18.6 Å². The number of nitrogen functional groups attached to an aromatic ring is 1. The highest BCUT2D eigenvalue weighted by Gasteiger charge is 2.17. The van der Waals surface area contributed by atoms with E-state index in [0.29, 0.717) is 24.6 Å². The summed E-state index contributed by atoms with van der Waals surface area (Å²) in [5.74, 6) is -0.199. The average Bonchev–Trinajstić information content (AvgIpc) is 2.82. The highest BCUT2D eigenvalue weighted by atomic mass is 16.5. The van der Waals surface area contributed by atoms with Crippen molar-refractivity contribution in [2.45, 2.75) is 12.5 Å². The molecule has 0 spiro atoms. The van der Waals surface area contributed by atoms with Gasteiger partial charge in [0.05, 0.1) is 24.1 Å². The molecule has 17 heavy (non-hydrogen) atoms. The monoisotopic (exact) mass is 236 g/mol. The van der Waals surface area contributed by atoms with Crippen LogP contribution in [0.2, 0.25) is 0 Å². The molecule has 3 N–H and O–H groups in total. The minimum Gasteiger partial charge on any atom is -0.397 e. The quantitative estimate of drug-likeness (QED) is 0.765. The average molecular weight is 236 g/mol. The van der Waals surface area contributed by atoms with Crippen LogP contribution in [0.4, 0.5) is 11.4 Å². The van der Waals surface area contributed by atoms with Crippen LogP contribution in [0.15, 0.2) is 24.3 Å². The molecule has 1 amide bonds. The first-order valence-corrected chi connectivity index (χ1v) is 5.59. The maximum Gasteiger partial charge on any atom is 0.250 e. The minimum absolute atomic E-state index is 0.0301. The predicted octanol–water partition coefficient (Wildman–Crippen LogP) is 1.01. The second-order valence-electron chi connectivity index (χ2n) is 3.93. The van der Waals surface area contributed by atoms with Gasteiger partial charge in [-0.15, -0.1) is 0 Å². The molecular formula is C12H16N2O3. The van der Waals surface area contributed by atoms with Crippen molar-refractivity contribution < 1.29 is 14.3 Å². The zero-order valence-corrected chi connectivity index (χ0v) is 9.52. The lowest BCUT2D eigenvalue weighted by Gasteiger charge is -2.11. The second-order valence-corrected chi connectivity index (χ2v) is 3.93. The van der Waals surface area contributed by atoms with E-state index in [4.69, 9.17) is 15.2 Å². The number of rotatable bonds is 4. The van der Waals surface area contributed by atoms with Gasteiger partial charge in [-0.3, -0.25) is 4.79 Å². The number of nitrogens with two attached hydrogens (primary N) is 1. The fourth-order valence-electron chi connectivity index (χ4n) is 1.64. The van der Waals surface area contributed by atoms with Gasteiger partial charge in [0.2, 0.25) is 5.91 Å². The molecule has 1 heterocycles. The van der Waals surface area contributed by atoms with Crippen molar-refractivity contribution in [3.63, 3.8) is 0 Å². The topological polar surface area (TPSA) is 73.6 Å². The summed E-state index contributed by atoms with van der Waals surface area (Å²) in [6, 6.07) is 7.13. The number of amides is 1. The molecule has 1 unspecified atom stereocenters. The van der Waals surface area contributed by atoms with Crippen LogP contribution in [0.1, 0.15) is 6.42 Å². The van der Waals surface area contributed by atoms with Crippen molar-refractivity contribution in [3.8, 4) is 0 Å². The fourth-order valence-corrected chi connectivity index (χ4v) is 1.64. The molecule has 0 aliphatic carbocycles. The summed E-state index contributed by atoms with van der Waals surface area (Å²) in [4.78, 5) is 11.6. The van der Waals surface area contributed by atoms with Crippen LogP contribution < -0.4 is 11.1 Å². The van der Waals surface area contributed by atoms with Crippen molar-refractivity contribution in [1.29, 1.82) is 0 Å². The Labute approximate surface area is 99.9 Å². The maximum absolute atomic E-state index is 11.6. The van der Waals surface area contributed by atoms with Crippen molar-refractivity contribution in [1.82, 2.24) is 0 Å². The molecule has 1 fully saturated rings. The molecule has 1 aromatic rings. The van der Waals surface area contributed by atoms with E-state index >= 15 is 0 Å². The van der Waals surface area contributed by atoms with E-state index in [1.807, 2.05) is 12.1 Å². The lowest BCUT2D eigenvalue weighted by molar-refractivity contribution is -0.122. The summed E-state index contributed by atoms with van der Waals surface area (Å²) in [6.45, 7) is 1.31. The molecule has 1 aromatic carbocycles. The van der Waals surface area contributed by atoms with Gasteiger partial charge in [-0.2, -0.15) is 0 Å². The molecular weight excluding hydrogens is 220 g/mol. The van der Waals surface area contributed by atoms with Gasteiger partial charge in [0, 0.05) is 6.61 Å². The number of carbonyl (C=O) groups is 1. The maximum atomic E-state index is 11.6. The van der Waals surface area contributed by atoms with Gasteiger partial charge in [-0.1, -0.05) is 12.1 Å². The summed E-state index contributed by atoms with van der Waals surface area (Å²) < 4.78 is 10.5. The SMILES string of the molecule is Nc1ccccc1NC(=O)COC1CCOC1. The normalized spacial score (nSPS) is 19.2. The first-order chi connectivity index (χ1) is 8.25. The van der Waals surface area contributed by atoms with E-state index in [9.17, 15) is 4.79 Å². The molecule has 1 aliphatic heterocycles. The lowest BCUT2D eigenvalue weighted by atomic mass is 10.2. The van der Waals surface area contributed by atoms with Gasteiger partial charge in [0.25, 0.3) is 0 Å². The molecule has 0 bridgehead atoms. The Bertz CT molecular complexity index is 389. The van der Waals surface area contributed by atoms with Crippen molar-refractivity contribution in [2.24, 2.45) is 0 Å². The zero-order valence-electron chi connectivity index (χ0n) is 9.52. The molecule has 0 saturated carbocycles. The Morgan fingerprint density at radius 2 is 2.35 bits per heavy atom. The number of benzene rings is 1. The van der Waals surface area contributed by atoms with Crippen molar-refractivity contribution in [2.75, 3.05) is 30.9 Å². The lowest BCUT2D eigenvalue weighted by Crippen LogP contribution is -2.23. The van der Waals surface area contributed by atoms with Gasteiger partial charge in [0.1, 0.15) is 6.61 Å². The third kappa shape index (κ3) is 3.44. The Kier molecular flexibility index (Phi) is 3.95. The molecule has 1 atom stereocenters. The largest absolute Gasteiger partial charge is 0.397 e. The third-order valence-corrected chi connectivity index (χ3v) is 2.57. The first kappa shape index (κ1) is 11.9. The van der Waals surface area contributed by atoms with Gasteiger partial charge in [-0.25, -0.2) is 0 Å². The molecule has 1 saturated heterocycles. The fraction of sp³-hybridized carbons (Fsp3) is 0.417. The number of para-hydroxylation sites is 2. The Hall–Kier alpha value is -1.59. The zero-order chi connectivity index (χ0) is 12.1. The number of hydrogen-bond donors (Lipinski definition) is 2. The molecule has 5 nitrogen and oxygen atoms in total. The van der Waals surface area contributed by atoms with Crippen molar-refractivity contribution >= 4 is 17.3 Å². The van der Waals surface area contributed by atoms with E-state index in [1.54, 1.807) is 12.1 Å². The van der Waals surface area contributed by atoms with E-state index in [-0.39, 0.29) is 18.6 Å². The van der Waals surface area contributed by atoms with Crippen LogP contribution in [0, 0.1) is 0 Å². The molecule has 0 aromatic heterocycles. The van der Waals surface area contributed by atoms with Gasteiger partial charge >= 0.3 is 0 Å². The Morgan fingerprint density at radius 3 is 3.06 bits per heavy atom. The Morgan fingerprint density at radius 1 is 1.53 bits per heavy atom. The highest BCUT2D eigenvalue weighted by molar-refractivity contribution is 5.94. The van der Waals surface area contributed by atoms with E-state index in [0.717, 1.165) is 6.42 Å². The van der Waals surface area contributed by atoms with Crippen LogP contribution in [-0.4, -0.2) is 31.8 Å². The van der Waals surface area contributed by atoms with Crippen LogP contribution in [0.25, 0.3) is 0 Å². The van der Waals surface area contributed by atoms with Crippen molar-refractivity contribution in [3.05, 3.63) is 24.3 Å². The van der Waals surface area contributed by atoms with E-state index < -0.39 is 0 Å². The molecule has 0 radical (unpaired) electrons. The number of anilines is 2. The number of ether oxygens (including phenoxy) is 2. The predicted molar refractivity (Wildman–Crippen MR) is 64.7 cm³/mol. The minimum atomic E-state index is -0.199. The third-order valence-electron chi connectivity index (χ3n) is 2.57. The van der Waals surface area contributed by atoms with Crippen LogP contribution in [0.5, 0.6) is 0 Å². The summed E-state index contributed by atoms with van der Waals surface area (Å²) in [6.07, 6.45) is 0.884. The molecule has 5 heteroatoms. The Balaban J connectivity index is 1.79. The summed E-state index contributed by atoms with van der Waals surface area (Å²) >= 11 is 0. The molecule has 1 aliphatic rings. The first-order valence-electron chi connectivity index (χ1n) is 5.59. The van der Waals surface area contributed by atoms with E-state index in [1.165, 1.54) is 0 Å². The van der Waals surface area contributed by atoms with E-state index in [2.05, 4.69) is 5.32 Å². The van der Waals surface area contributed by atoms with Crippen LogP contribution in [-0.2, 0) is 14.3 Å². The summed E-state index contributed by atoms with van der Waals surface area (Å²) in [7, 11) is 0. The standard InChI is InChI=1S/C12H16N2O3/c13-10-3-1-2-4-11(10)14-12(15)8-17-9-5-6-16-7-9/h1-4,9H,5-8,13H2,(H,14,15). The number of nitrogens with one attached hydrogen (secondary N) is 1. The molecule has 92 valence electrons. The number of hydrogen-bond acceptors (Lipinski definition) is 4. The molecule has 2 rings (SSSR count). The summed E-state index contributed by atoms with van der Waals surface area (Å²) in [5.41, 5.74) is 6.87. The second kappa shape index (κ2) is 5.65. The smallest absolute Gasteiger partial charge is 0.250 e. The summed E-state index contributed by atoms with van der Waals surface area (Å²) in [5, 5.41) is 2.70. The number of carbonyl (C=O) groups excluding carboxylic acids is 1.